The van der Waals surface area contributed by atoms with E-state index in [2.05, 4.69) is 4.98 Å². The van der Waals surface area contributed by atoms with Gasteiger partial charge in [-0.1, -0.05) is 11.6 Å². The van der Waals surface area contributed by atoms with E-state index in [0.29, 0.717) is 45.1 Å². The average Bonchev–Trinajstić information content (AvgIpc) is 3.79. The van der Waals surface area contributed by atoms with Crippen LogP contribution in [0.15, 0.2) is 48.7 Å². The number of carbonyl (C=O) groups is 2. The number of aliphatic hydroxyl groups is 1. The summed E-state index contributed by atoms with van der Waals surface area (Å²) in [5.74, 6) is -0.675. The highest BCUT2D eigenvalue weighted by Gasteiger charge is 2.49. The van der Waals surface area contributed by atoms with Crippen LogP contribution in [0.4, 0.5) is 4.39 Å². The maximum atomic E-state index is 14.0. The predicted octanol–water partition coefficient (Wildman–Crippen LogP) is 5.80. The number of nitrogens with two attached hydrogens (primary N) is 1. The number of hydrogen-bond donors (Lipinski definition) is 2. The first-order chi connectivity index (χ1) is 20.4. The van der Waals surface area contributed by atoms with Crippen LogP contribution in [0.25, 0.3) is 22.2 Å². The van der Waals surface area contributed by atoms with Gasteiger partial charge in [-0.2, -0.15) is 0 Å². The molecule has 222 valence electrons. The molecule has 4 aromatic rings. The van der Waals surface area contributed by atoms with Gasteiger partial charge < -0.3 is 20.3 Å². The molecule has 1 saturated carbocycles. The summed E-state index contributed by atoms with van der Waals surface area (Å²) in [6.07, 6.45) is 3.36. The quantitative estimate of drug-likeness (QED) is 0.232. The molecule has 10 heteroatoms. The van der Waals surface area contributed by atoms with Crippen LogP contribution in [0.5, 0.6) is 11.5 Å². The number of amides is 1. The molecule has 0 saturated heterocycles. The fourth-order valence-corrected chi connectivity index (χ4v) is 6.02. The van der Waals surface area contributed by atoms with Crippen LogP contribution in [-0.4, -0.2) is 40.5 Å². The zero-order valence-electron chi connectivity index (χ0n) is 24.0. The molecule has 2 aliphatic rings. The van der Waals surface area contributed by atoms with E-state index in [-0.39, 0.29) is 36.2 Å². The normalized spacial score (nSPS) is 19.0. The maximum absolute atomic E-state index is 14.0. The highest BCUT2D eigenvalue weighted by molar-refractivity contribution is 6.31. The monoisotopic (exact) mass is 603 g/mol. The molecule has 6 rings (SSSR count). The molecule has 8 nitrogen and oxygen atoms in total. The van der Waals surface area contributed by atoms with Crippen LogP contribution in [-0.2, 0) is 15.8 Å². The number of methoxy groups -OCH3 is 1. The minimum Gasteiger partial charge on any atom is -0.494 e. The van der Waals surface area contributed by atoms with E-state index in [1.54, 1.807) is 31.3 Å². The Kier molecular flexibility index (Phi) is 7.13. The summed E-state index contributed by atoms with van der Waals surface area (Å²) in [5.41, 5.74) is 6.76. The number of halogens is 2. The molecule has 0 radical (unpaired) electrons. The van der Waals surface area contributed by atoms with E-state index >= 15 is 0 Å². The second-order valence-corrected chi connectivity index (χ2v) is 12.1. The van der Waals surface area contributed by atoms with Crippen molar-refractivity contribution >= 4 is 34.2 Å². The van der Waals surface area contributed by atoms with Gasteiger partial charge in [-0.15, -0.1) is 0 Å². The highest BCUT2D eigenvalue weighted by Crippen LogP contribution is 2.52. The van der Waals surface area contributed by atoms with Crippen LogP contribution in [0.1, 0.15) is 59.8 Å². The molecule has 0 bridgehead atoms. The van der Waals surface area contributed by atoms with Crippen molar-refractivity contribution < 1.29 is 28.6 Å². The number of fused-ring (bicyclic) bond motifs is 2. The van der Waals surface area contributed by atoms with Gasteiger partial charge in [0.2, 0.25) is 5.91 Å². The summed E-state index contributed by atoms with van der Waals surface area (Å²) < 4.78 is 25.5. The maximum Gasteiger partial charge on any atom is 0.231 e. The topological polar surface area (TPSA) is 125 Å². The molecule has 0 unspecified atom stereocenters. The second-order valence-electron chi connectivity index (χ2n) is 11.7. The molecule has 1 amide bonds. The number of nitrogens with zero attached hydrogens (tertiary/aromatic N) is 2. The Morgan fingerprint density at radius 3 is 2.67 bits per heavy atom. The molecule has 1 fully saturated rings. The van der Waals surface area contributed by atoms with E-state index in [4.69, 9.17) is 31.8 Å². The van der Waals surface area contributed by atoms with Gasteiger partial charge in [0.15, 0.2) is 5.78 Å². The van der Waals surface area contributed by atoms with E-state index < -0.39 is 22.7 Å². The smallest absolute Gasteiger partial charge is 0.231 e. The number of benzene rings is 2. The standard InChI is InChI=1S/C33H31ClFN3O5/c1-17-10-20-11-19(13-26(42-3)28(20)37-15-17)25(39)8-9-33(41,21-5-6-21)27-14-22-30(43-16-32(22,2)31(36)40)29(38-27)18-4-7-24(35)23(34)12-18/h4,7,10-15,21,41H,5-6,8-9,16H2,1-3H3,(H2,36,40)/t32-,33+/m0/s1. The fourth-order valence-electron chi connectivity index (χ4n) is 5.84. The van der Waals surface area contributed by atoms with Crippen molar-refractivity contribution in [3.05, 3.63) is 81.9 Å². The first-order valence-corrected chi connectivity index (χ1v) is 14.5. The Balaban J connectivity index is 1.40. The SMILES string of the molecule is COc1cc(C(=O)CC[C@](O)(c2cc3c(c(-c4ccc(F)c(Cl)c4)n2)OC[C@]3(C)C(N)=O)C2CC2)cc2cc(C)cnc12. The average molecular weight is 604 g/mol. The summed E-state index contributed by atoms with van der Waals surface area (Å²) in [7, 11) is 1.53. The van der Waals surface area contributed by atoms with Gasteiger partial charge >= 0.3 is 0 Å². The number of Topliss-reactive ketones (excluding diaryl/α,β-unsaturated/α-hetero) is 1. The molecule has 1 aliphatic carbocycles. The lowest BCUT2D eigenvalue weighted by Crippen LogP contribution is -2.40. The molecule has 3 heterocycles. The molecule has 43 heavy (non-hydrogen) atoms. The summed E-state index contributed by atoms with van der Waals surface area (Å²) in [4.78, 5) is 35.4. The van der Waals surface area contributed by atoms with E-state index in [0.717, 1.165) is 23.8 Å². The third-order valence-electron chi connectivity index (χ3n) is 8.67. The third kappa shape index (κ3) is 5.00. The molecule has 2 atom stereocenters. The number of rotatable bonds is 9. The Hall–Kier alpha value is -4.08. The second kappa shape index (κ2) is 10.6. The van der Waals surface area contributed by atoms with Gasteiger partial charge in [0, 0.05) is 34.7 Å². The van der Waals surface area contributed by atoms with Gasteiger partial charge in [0.05, 0.1) is 17.8 Å². The number of aromatic nitrogens is 2. The summed E-state index contributed by atoms with van der Waals surface area (Å²) >= 11 is 6.10. The number of hydrogen-bond acceptors (Lipinski definition) is 7. The predicted molar refractivity (Wildman–Crippen MR) is 160 cm³/mol. The lowest BCUT2D eigenvalue weighted by Gasteiger charge is -2.29. The van der Waals surface area contributed by atoms with Gasteiger partial charge in [-0.05, 0) is 87.1 Å². The molecule has 0 spiro atoms. The van der Waals surface area contributed by atoms with Crippen LogP contribution in [0.2, 0.25) is 5.02 Å². The van der Waals surface area contributed by atoms with Crippen LogP contribution >= 0.6 is 11.6 Å². The Labute approximate surface area is 253 Å². The lowest BCUT2D eigenvalue weighted by molar-refractivity contribution is -0.123. The van der Waals surface area contributed by atoms with Crippen molar-refractivity contribution in [1.82, 2.24) is 9.97 Å². The number of primary amides is 1. The minimum absolute atomic E-state index is 0.0107. The fraction of sp³-hybridized carbons (Fsp3) is 0.333. The van der Waals surface area contributed by atoms with Crippen molar-refractivity contribution in [3.8, 4) is 22.8 Å². The number of pyridine rings is 2. The molecule has 3 N–H and O–H groups in total. The Bertz CT molecular complexity index is 1810. The van der Waals surface area contributed by atoms with Crippen LogP contribution < -0.4 is 15.2 Å². The molecule has 1 aliphatic heterocycles. The summed E-state index contributed by atoms with van der Waals surface area (Å²) in [6, 6.07) is 11.2. The molecule has 2 aromatic heterocycles. The third-order valence-corrected chi connectivity index (χ3v) is 8.96. The number of ketones is 1. The van der Waals surface area contributed by atoms with E-state index in [1.807, 2.05) is 13.0 Å². The van der Waals surface area contributed by atoms with Gasteiger partial charge in [-0.25, -0.2) is 9.37 Å². The van der Waals surface area contributed by atoms with Crippen molar-refractivity contribution in [2.24, 2.45) is 11.7 Å². The highest BCUT2D eigenvalue weighted by atomic mass is 35.5. The van der Waals surface area contributed by atoms with E-state index in [9.17, 15) is 19.1 Å². The van der Waals surface area contributed by atoms with Crippen molar-refractivity contribution in [3.63, 3.8) is 0 Å². The van der Waals surface area contributed by atoms with Gasteiger partial charge in [0.25, 0.3) is 0 Å². The van der Waals surface area contributed by atoms with Gasteiger partial charge in [0.1, 0.15) is 46.1 Å². The van der Waals surface area contributed by atoms with Crippen molar-refractivity contribution in [2.75, 3.05) is 13.7 Å². The Morgan fingerprint density at radius 1 is 1.23 bits per heavy atom. The first kappa shape index (κ1) is 29.0. The Morgan fingerprint density at radius 2 is 2.00 bits per heavy atom. The number of aryl methyl sites for hydroxylation is 1. The first-order valence-electron chi connectivity index (χ1n) is 14.1. The minimum atomic E-state index is -1.48. The van der Waals surface area contributed by atoms with Crippen LogP contribution in [0.3, 0.4) is 0 Å². The lowest BCUT2D eigenvalue weighted by atomic mass is 9.80. The summed E-state index contributed by atoms with van der Waals surface area (Å²) in [6.45, 7) is 3.59. The van der Waals surface area contributed by atoms with Gasteiger partial charge in [-0.3, -0.25) is 14.6 Å². The molecule has 2 aromatic carbocycles. The molecular weight excluding hydrogens is 573 g/mol. The van der Waals surface area contributed by atoms with Crippen LogP contribution in [0, 0.1) is 18.7 Å². The number of ether oxygens (including phenoxy) is 2. The summed E-state index contributed by atoms with van der Waals surface area (Å²) in [5, 5.41) is 12.9. The van der Waals surface area contributed by atoms with Crippen molar-refractivity contribution in [2.45, 2.75) is 50.5 Å². The largest absolute Gasteiger partial charge is 0.494 e. The zero-order valence-corrected chi connectivity index (χ0v) is 24.8. The van der Waals surface area contributed by atoms with Crippen molar-refractivity contribution in [1.29, 1.82) is 0 Å². The zero-order chi connectivity index (χ0) is 30.7. The van der Waals surface area contributed by atoms with E-state index in [1.165, 1.54) is 25.3 Å². The number of carbonyl (C=O) groups excluding carboxylic acids is 2. The molecular formula is C33H31ClFN3O5.